The lowest BCUT2D eigenvalue weighted by atomic mass is 9.88. The molecule has 0 radical (unpaired) electrons. The highest BCUT2D eigenvalue weighted by atomic mass is 16.3. The van der Waals surface area contributed by atoms with Crippen LogP contribution in [-0.4, -0.2) is 35.7 Å². The van der Waals surface area contributed by atoms with Gasteiger partial charge in [-0.3, -0.25) is 4.90 Å². The largest absolute Gasteiger partial charge is 0.395 e. The minimum absolute atomic E-state index is 0.363. The lowest BCUT2D eigenvalue weighted by Gasteiger charge is -2.31. The highest BCUT2D eigenvalue weighted by Crippen LogP contribution is 2.48. The Morgan fingerprint density at radius 2 is 2.06 bits per heavy atom. The van der Waals surface area contributed by atoms with Crippen molar-refractivity contribution in [1.82, 2.24) is 4.90 Å². The molecule has 5 unspecified atom stereocenters. The predicted octanol–water partition coefficient (Wildman–Crippen LogP) is 2.13. The molecule has 0 spiro atoms. The van der Waals surface area contributed by atoms with Crippen LogP contribution in [0.5, 0.6) is 0 Å². The Morgan fingerprint density at radius 1 is 1.19 bits per heavy atom. The van der Waals surface area contributed by atoms with Crippen molar-refractivity contribution in [1.29, 1.82) is 0 Å². The number of hydrogen-bond acceptors (Lipinski definition) is 2. The van der Waals surface area contributed by atoms with Crippen LogP contribution < -0.4 is 0 Å². The maximum absolute atomic E-state index is 9.47. The first-order valence-electron chi connectivity index (χ1n) is 7.13. The summed E-state index contributed by atoms with van der Waals surface area (Å²) >= 11 is 0. The molecule has 2 aliphatic carbocycles. The number of rotatable bonds is 3. The van der Waals surface area contributed by atoms with Crippen molar-refractivity contribution >= 4 is 0 Å². The summed E-state index contributed by atoms with van der Waals surface area (Å²) in [5.74, 6) is 3.74. The molecule has 0 aromatic rings. The van der Waals surface area contributed by atoms with Gasteiger partial charge in [0, 0.05) is 12.6 Å². The highest BCUT2D eigenvalue weighted by molar-refractivity contribution is 4.93. The van der Waals surface area contributed by atoms with Gasteiger partial charge in [-0.25, -0.2) is 0 Å². The smallest absolute Gasteiger partial charge is 0.0589 e. The summed E-state index contributed by atoms with van der Waals surface area (Å²) in [7, 11) is 0. The number of aliphatic hydroxyl groups is 1. The van der Waals surface area contributed by atoms with Gasteiger partial charge in [-0.2, -0.15) is 0 Å². The van der Waals surface area contributed by atoms with Gasteiger partial charge in [0.2, 0.25) is 0 Å². The molecule has 3 rings (SSSR count). The number of hydrogen-bond donors (Lipinski definition) is 1. The Kier molecular flexibility index (Phi) is 2.97. The average Bonchev–Trinajstić information content (AvgIpc) is 2.94. The van der Waals surface area contributed by atoms with Crippen molar-refractivity contribution in [2.45, 2.75) is 45.1 Å². The van der Waals surface area contributed by atoms with Gasteiger partial charge in [0.05, 0.1) is 6.61 Å². The molecule has 2 nitrogen and oxygen atoms in total. The van der Waals surface area contributed by atoms with Crippen molar-refractivity contribution in [2.24, 2.45) is 23.7 Å². The van der Waals surface area contributed by atoms with Crippen LogP contribution in [0.15, 0.2) is 0 Å². The monoisotopic (exact) mass is 223 g/mol. The second-order valence-electron chi connectivity index (χ2n) is 6.45. The standard InChI is InChI=1S/C14H25NO/c1-10-4-5-15(14(10)9-16)8-13-7-11-2-3-12(13)6-11/h10-14,16H,2-9H2,1H3. The van der Waals surface area contributed by atoms with Crippen LogP contribution in [0.1, 0.15) is 39.0 Å². The summed E-state index contributed by atoms with van der Waals surface area (Å²) < 4.78 is 0. The van der Waals surface area contributed by atoms with Gasteiger partial charge >= 0.3 is 0 Å². The van der Waals surface area contributed by atoms with Crippen LogP contribution in [0.3, 0.4) is 0 Å². The third kappa shape index (κ3) is 1.80. The minimum atomic E-state index is 0.363. The van der Waals surface area contributed by atoms with Crippen molar-refractivity contribution in [3.63, 3.8) is 0 Å². The lowest BCUT2D eigenvalue weighted by molar-refractivity contribution is 0.112. The van der Waals surface area contributed by atoms with Gasteiger partial charge < -0.3 is 5.11 Å². The summed E-state index contributed by atoms with van der Waals surface area (Å²) in [4.78, 5) is 2.58. The third-order valence-electron chi connectivity index (χ3n) is 5.54. The van der Waals surface area contributed by atoms with Gasteiger partial charge in [-0.05, 0) is 55.9 Å². The Bertz CT molecular complexity index is 255. The van der Waals surface area contributed by atoms with Gasteiger partial charge in [0.15, 0.2) is 0 Å². The van der Waals surface area contributed by atoms with Crippen LogP contribution in [0, 0.1) is 23.7 Å². The number of fused-ring (bicyclic) bond motifs is 2. The van der Waals surface area contributed by atoms with Crippen LogP contribution >= 0.6 is 0 Å². The lowest BCUT2D eigenvalue weighted by Crippen LogP contribution is -2.39. The average molecular weight is 223 g/mol. The number of likely N-dealkylation sites (tertiary alicyclic amines) is 1. The maximum Gasteiger partial charge on any atom is 0.0589 e. The van der Waals surface area contributed by atoms with E-state index < -0.39 is 0 Å². The van der Waals surface area contributed by atoms with E-state index in [0.29, 0.717) is 18.6 Å². The normalized spacial score (nSPS) is 48.0. The van der Waals surface area contributed by atoms with E-state index in [0.717, 1.165) is 17.8 Å². The Hall–Kier alpha value is -0.0800. The zero-order valence-corrected chi connectivity index (χ0v) is 10.4. The van der Waals surface area contributed by atoms with E-state index in [-0.39, 0.29) is 0 Å². The molecule has 1 heterocycles. The first-order chi connectivity index (χ1) is 7.78. The van der Waals surface area contributed by atoms with Gasteiger partial charge in [0.25, 0.3) is 0 Å². The SMILES string of the molecule is CC1CCN(CC2CC3CCC2C3)C1CO. The fraction of sp³-hybridized carbons (Fsp3) is 1.00. The molecule has 1 saturated heterocycles. The molecule has 0 aromatic heterocycles. The highest BCUT2D eigenvalue weighted by Gasteiger charge is 2.41. The summed E-state index contributed by atoms with van der Waals surface area (Å²) in [6.45, 7) is 5.15. The number of aliphatic hydroxyl groups excluding tert-OH is 1. The molecule has 1 N–H and O–H groups in total. The first-order valence-corrected chi connectivity index (χ1v) is 7.13. The molecule has 92 valence electrons. The van der Waals surface area contributed by atoms with Crippen LogP contribution in [-0.2, 0) is 0 Å². The van der Waals surface area contributed by atoms with Crippen molar-refractivity contribution in [3.05, 3.63) is 0 Å². The van der Waals surface area contributed by atoms with Gasteiger partial charge in [-0.15, -0.1) is 0 Å². The quantitative estimate of drug-likeness (QED) is 0.792. The second kappa shape index (κ2) is 4.30. The Balaban J connectivity index is 1.58. The van der Waals surface area contributed by atoms with E-state index in [9.17, 15) is 5.11 Å². The van der Waals surface area contributed by atoms with Crippen molar-refractivity contribution < 1.29 is 5.11 Å². The summed E-state index contributed by atoms with van der Waals surface area (Å²) in [6, 6.07) is 0.458. The van der Waals surface area contributed by atoms with Gasteiger partial charge in [0.1, 0.15) is 0 Å². The maximum atomic E-state index is 9.47. The van der Waals surface area contributed by atoms with E-state index in [1.165, 1.54) is 45.2 Å². The minimum Gasteiger partial charge on any atom is -0.395 e. The van der Waals surface area contributed by atoms with Crippen LogP contribution in [0.25, 0.3) is 0 Å². The van der Waals surface area contributed by atoms with E-state index in [2.05, 4.69) is 11.8 Å². The molecular formula is C14H25NO. The molecule has 3 fully saturated rings. The Morgan fingerprint density at radius 3 is 2.69 bits per heavy atom. The molecule has 1 aliphatic heterocycles. The molecular weight excluding hydrogens is 198 g/mol. The van der Waals surface area contributed by atoms with E-state index in [4.69, 9.17) is 0 Å². The molecule has 0 aromatic carbocycles. The summed E-state index contributed by atoms with van der Waals surface area (Å²) in [5.41, 5.74) is 0. The fourth-order valence-corrected chi connectivity index (χ4v) is 4.51. The second-order valence-corrected chi connectivity index (χ2v) is 6.45. The zero-order chi connectivity index (χ0) is 11.1. The van der Waals surface area contributed by atoms with Crippen LogP contribution in [0.2, 0.25) is 0 Å². The van der Waals surface area contributed by atoms with E-state index >= 15 is 0 Å². The Labute approximate surface area is 99.0 Å². The predicted molar refractivity (Wildman–Crippen MR) is 65.2 cm³/mol. The number of nitrogens with zero attached hydrogens (tertiary/aromatic N) is 1. The van der Waals surface area contributed by atoms with Crippen molar-refractivity contribution in [2.75, 3.05) is 19.7 Å². The molecule has 3 aliphatic rings. The van der Waals surface area contributed by atoms with E-state index in [1.54, 1.807) is 0 Å². The van der Waals surface area contributed by atoms with Crippen LogP contribution in [0.4, 0.5) is 0 Å². The zero-order valence-electron chi connectivity index (χ0n) is 10.4. The third-order valence-corrected chi connectivity index (χ3v) is 5.54. The fourth-order valence-electron chi connectivity index (χ4n) is 4.51. The molecule has 0 amide bonds. The molecule has 2 saturated carbocycles. The molecule has 2 bridgehead atoms. The van der Waals surface area contributed by atoms with Crippen molar-refractivity contribution in [3.8, 4) is 0 Å². The topological polar surface area (TPSA) is 23.5 Å². The summed E-state index contributed by atoms with van der Waals surface area (Å²) in [6.07, 6.45) is 7.26. The molecule has 16 heavy (non-hydrogen) atoms. The molecule has 2 heteroatoms. The first kappa shape index (κ1) is 11.0. The summed E-state index contributed by atoms with van der Waals surface area (Å²) in [5, 5.41) is 9.47. The van der Waals surface area contributed by atoms with E-state index in [1.807, 2.05) is 0 Å². The molecule has 5 atom stereocenters. The van der Waals surface area contributed by atoms with Gasteiger partial charge in [-0.1, -0.05) is 13.3 Å².